The number of carbonyl (C=O) groups excluding carboxylic acids is 1. The zero-order valence-electron chi connectivity index (χ0n) is 12.9. The summed E-state index contributed by atoms with van der Waals surface area (Å²) in [6.07, 6.45) is 1.51. The summed E-state index contributed by atoms with van der Waals surface area (Å²) in [7, 11) is 0. The summed E-state index contributed by atoms with van der Waals surface area (Å²) in [4.78, 5) is 11.7. The molecule has 3 rings (SSSR count). The van der Waals surface area contributed by atoms with Crippen LogP contribution < -0.4 is 10.6 Å². The molecule has 0 spiro atoms. The Kier molecular flexibility index (Phi) is 4.94. The Hall–Kier alpha value is -2.75. The zero-order chi connectivity index (χ0) is 15.9. The Bertz CT molecular complexity index is 732. The second-order valence-electron chi connectivity index (χ2n) is 5.42. The Balaban J connectivity index is 1.37. The number of rotatable bonds is 6. The van der Waals surface area contributed by atoms with E-state index in [4.69, 9.17) is 4.42 Å². The first-order chi connectivity index (χ1) is 11.3. The highest BCUT2D eigenvalue weighted by molar-refractivity contribution is 5.77. The number of nitrogens with one attached hydrogen (secondary N) is 2. The number of hydrogen-bond acceptors (Lipinski definition) is 2. The van der Waals surface area contributed by atoms with E-state index in [2.05, 4.69) is 22.8 Å². The van der Waals surface area contributed by atoms with Crippen LogP contribution in [0.15, 0.2) is 65.1 Å². The molecular formula is C19H20N2O2. The van der Waals surface area contributed by atoms with E-state index >= 15 is 0 Å². The van der Waals surface area contributed by atoms with Gasteiger partial charge in [-0.2, -0.15) is 0 Å². The van der Waals surface area contributed by atoms with E-state index in [1.807, 2.05) is 48.5 Å². The van der Waals surface area contributed by atoms with Gasteiger partial charge >= 0.3 is 6.03 Å². The van der Waals surface area contributed by atoms with Crippen molar-refractivity contribution >= 4 is 17.0 Å². The van der Waals surface area contributed by atoms with E-state index in [1.54, 1.807) is 0 Å². The molecule has 0 aliphatic rings. The summed E-state index contributed by atoms with van der Waals surface area (Å²) in [5.41, 5.74) is 2.10. The molecule has 3 aromatic rings. The van der Waals surface area contributed by atoms with Crippen molar-refractivity contribution in [3.63, 3.8) is 0 Å². The number of amides is 2. The SMILES string of the molecule is O=C(NCCc1ccccc1)NCCc1cc2ccccc2o1. The fourth-order valence-electron chi connectivity index (χ4n) is 2.49. The molecule has 0 fully saturated rings. The van der Waals surface area contributed by atoms with E-state index in [0.717, 1.165) is 23.2 Å². The van der Waals surface area contributed by atoms with Crippen LogP contribution in [0.5, 0.6) is 0 Å². The van der Waals surface area contributed by atoms with Gasteiger partial charge in [-0.1, -0.05) is 48.5 Å². The zero-order valence-corrected chi connectivity index (χ0v) is 12.9. The third-order valence-corrected chi connectivity index (χ3v) is 3.68. The van der Waals surface area contributed by atoms with Crippen molar-refractivity contribution in [3.05, 3.63) is 72.0 Å². The van der Waals surface area contributed by atoms with Gasteiger partial charge in [0.25, 0.3) is 0 Å². The topological polar surface area (TPSA) is 54.3 Å². The van der Waals surface area contributed by atoms with Gasteiger partial charge in [-0.15, -0.1) is 0 Å². The maximum absolute atomic E-state index is 11.7. The molecule has 0 bridgehead atoms. The van der Waals surface area contributed by atoms with Crippen LogP contribution in [0.4, 0.5) is 4.79 Å². The fourth-order valence-corrected chi connectivity index (χ4v) is 2.49. The third kappa shape index (κ3) is 4.36. The molecular weight excluding hydrogens is 288 g/mol. The lowest BCUT2D eigenvalue weighted by atomic mass is 10.1. The highest BCUT2D eigenvalue weighted by Crippen LogP contribution is 2.18. The minimum Gasteiger partial charge on any atom is -0.461 e. The smallest absolute Gasteiger partial charge is 0.314 e. The van der Waals surface area contributed by atoms with Crippen LogP contribution in [0, 0.1) is 0 Å². The van der Waals surface area contributed by atoms with Gasteiger partial charge < -0.3 is 15.1 Å². The van der Waals surface area contributed by atoms with Gasteiger partial charge in [0.05, 0.1) is 0 Å². The largest absolute Gasteiger partial charge is 0.461 e. The van der Waals surface area contributed by atoms with Crippen molar-refractivity contribution in [2.75, 3.05) is 13.1 Å². The molecule has 0 saturated heterocycles. The third-order valence-electron chi connectivity index (χ3n) is 3.68. The molecule has 0 radical (unpaired) electrons. The molecule has 2 amide bonds. The Morgan fingerprint density at radius 3 is 2.35 bits per heavy atom. The van der Waals surface area contributed by atoms with Crippen LogP contribution in [0.2, 0.25) is 0 Å². The van der Waals surface area contributed by atoms with Crippen molar-refractivity contribution in [1.82, 2.24) is 10.6 Å². The van der Waals surface area contributed by atoms with E-state index < -0.39 is 0 Å². The van der Waals surface area contributed by atoms with Gasteiger partial charge in [0.1, 0.15) is 11.3 Å². The molecule has 0 saturated carbocycles. The van der Waals surface area contributed by atoms with E-state index in [1.165, 1.54) is 5.56 Å². The first-order valence-corrected chi connectivity index (χ1v) is 7.84. The fraction of sp³-hybridized carbons (Fsp3) is 0.211. The number of benzene rings is 2. The van der Waals surface area contributed by atoms with E-state index in [9.17, 15) is 4.79 Å². The van der Waals surface area contributed by atoms with Crippen LogP contribution in [0.25, 0.3) is 11.0 Å². The highest BCUT2D eigenvalue weighted by atomic mass is 16.3. The summed E-state index contributed by atoms with van der Waals surface area (Å²) in [5.74, 6) is 0.885. The molecule has 23 heavy (non-hydrogen) atoms. The summed E-state index contributed by atoms with van der Waals surface area (Å²) in [6.45, 7) is 1.18. The van der Waals surface area contributed by atoms with Crippen LogP contribution in [-0.4, -0.2) is 19.1 Å². The Labute approximate surface area is 135 Å². The van der Waals surface area contributed by atoms with Gasteiger partial charge in [-0.25, -0.2) is 4.79 Å². The predicted molar refractivity (Wildman–Crippen MR) is 91.5 cm³/mol. The lowest BCUT2D eigenvalue weighted by molar-refractivity contribution is 0.241. The molecule has 0 aliphatic carbocycles. The molecule has 0 aliphatic heterocycles. The summed E-state index contributed by atoms with van der Waals surface area (Å²) < 4.78 is 5.72. The lowest BCUT2D eigenvalue weighted by Crippen LogP contribution is -2.37. The standard InChI is InChI=1S/C19H20N2O2/c22-19(20-12-10-15-6-2-1-3-7-15)21-13-11-17-14-16-8-4-5-9-18(16)23-17/h1-9,14H,10-13H2,(H2,20,21,22). The molecule has 0 unspecified atom stereocenters. The second-order valence-corrected chi connectivity index (χ2v) is 5.42. The number of urea groups is 1. The maximum atomic E-state index is 11.7. The Morgan fingerprint density at radius 2 is 1.57 bits per heavy atom. The van der Waals surface area contributed by atoms with E-state index in [-0.39, 0.29) is 6.03 Å². The van der Waals surface area contributed by atoms with Gasteiger partial charge in [0.2, 0.25) is 0 Å². The predicted octanol–water partition coefficient (Wildman–Crippen LogP) is 3.52. The van der Waals surface area contributed by atoms with Crippen LogP contribution in [-0.2, 0) is 12.8 Å². The highest BCUT2D eigenvalue weighted by Gasteiger charge is 2.04. The molecule has 4 heteroatoms. The number of para-hydroxylation sites is 1. The minimum absolute atomic E-state index is 0.142. The van der Waals surface area contributed by atoms with Crippen molar-refractivity contribution in [2.24, 2.45) is 0 Å². The quantitative estimate of drug-likeness (QED) is 0.732. The van der Waals surface area contributed by atoms with Crippen LogP contribution in [0.1, 0.15) is 11.3 Å². The molecule has 2 aromatic carbocycles. The first-order valence-electron chi connectivity index (χ1n) is 7.84. The molecule has 2 N–H and O–H groups in total. The average molecular weight is 308 g/mol. The minimum atomic E-state index is -0.142. The van der Waals surface area contributed by atoms with Gasteiger partial charge in [-0.3, -0.25) is 0 Å². The monoisotopic (exact) mass is 308 g/mol. The van der Waals surface area contributed by atoms with Crippen LogP contribution >= 0.6 is 0 Å². The molecule has 118 valence electrons. The van der Waals surface area contributed by atoms with Gasteiger partial charge in [0, 0.05) is 24.9 Å². The Morgan fingerprint density at radius 1 is 0.870 bits per heavy atom. The number of fused-ring (bicyclic) bond motifs is 1. The number of hydrogen-bond donors (Lipinski definition) is 2. The van der Waals surface area contributed by atoms with Crippen LogP contribution in [0.3, 0.4) is 0 Å². The van der Waals surface area contributed by atoms with Crippen molar-refractivity contribution in [1.29, 1.82) is 0 Å². The van der Waals surface area contributed by atoms with E-state index in [0.29, 0.717) is 19.5 Å². The number of furan rings is 1. The summed E-state index contributed by atoms with van der Waals surface area (Å²) >= 11 is 0. The molecule has 1 heterocycles. The lowest BCUT2D eigenvalue weighted by Gasteiger charge is -2.07. The normalized spacial score (nSPS) is 10.6. The first kappa shape index (κ1) is 15.2. The molecule has 0 atom stereocenters. The summed E-state index contributed by atoms with van der Waals surface area (Å²) in [6, 6.07) is 19.9. The summed E-state index contributed by atoms with van der Waals surface area (Å²) in [5, 5.41) is 6.81. The molecule has 1 aromatic heterocycles. The van der Waals surface area contributed by atoms with Gasteiger partial charge in [0.15, 0.2) is 0 Å². The molecule has 4 nitrogen and oxygen atoms in total. The number of carbonyl (C=O) groups is 1. The average Bonchev–Trinajstić information content (AvgIpc) is 2.98. The second kappa shape index (κ2) is 7.49. The van der Waals surface area contributed by atoms with Crippen molar-refractivity contribution < 1.29 is 9.21 Å². The van der Waals surface area contributed by atoms with Crippen molar-refractivity contribution in [2.45, 2.75) is 12.8 Å². The maximum Gasteiger partial charge on any atom is 0.314 e. The van der Waals surface area contributed by atoms with Crippen molar-refractivity contribution in [3.8, 4) is 0 Å². The van der Waals surface area contributed by atoms with Gasteiger partial charge in [-0.05, 0) is 24.1 Å².